The SMILES string of the molecule is CC(C)(C)OC(=O)NC1CCC(C[C@@H]2COc3c(Br)cc(CBr)cc3C2=O)CC1. The highest BCUT2D eigenvalue weighted by Crippen LogP contribution is 2.39. The van der Waals surface area contributed by atoms with Crippen molar-refractivity contribution in [2.75, 3.05) is 6.61 Å². The van der Waals surface area contributed by atoms with E-state index in [1.54, 1.807) is 0 Å². The molecule has 1 aliphatic heterocycles. The van der Waals surface area contributed by atoms with Gasteiger partial charge in [0.05, 0.1) is 22.6 Å². The third-order valence-electron chi connectivity index (χ3n) is 5.51. The highest BCUT2D eigenvalue weighted by Gasteiger charge is 2.34. The quantitative estimate of drug-likeness (QED) is 0.484. The number of benzene rings is 1. The Hall–Kier alpha value is -1.08. The van der Waals surface area contributed by atoms with Crippen molar-refractivity contribution in [1.29, 1.82) is 0 Å². The molecule has 29 heavy (non-hydrogen) atoms. The number of fused-ring (bicyclic) bond motifs is 1. The number of Topliss-reactive ketones (excluding diaryl/α,β-unsaturated/α-hetero) is 1. The van der Waals surface area contributed by atoms with Crippen LogP contribution in [0.1, 0.15) is 68.8 Å². The lowest BCUT2D eigenvalue weighted by molar-refractivity contribution is 0.0484. The minimum Gasteiger partial charge on any atom is -0.491 e. The monoisotopic (exact) mass is 529 g/mol. The van der Waals surface area contributed by atoms with Gasteiger partial charge in [-0.25, -0.2) is 4.79 Å². The van der Waals surface area contributed by atoms with Crippen molar-refractivity contribution in [2.45, 2.75) is 69.8 Å². The number of ketones is 1. The Morgan fingerprint density at radius 2 is 1.93 bits per heavy atom. The average Bonchev–Trinajstić information content (AvgIpc) is 2.64. The van der Waals surface area contributed by atoms with Crippen LogP contribution >= 0.6 is 31.9 Å². The van der Waals surface area contributed by atoms with Gasteiger partial charge in [0.2, 0.25) is 0 Å². The molecule has 1 aromatic rings. The van der Waals surface area contributed by atoms with Crippen LogP contribution in [-0.4, -0.2) is 30.1 Å². The van der Waals surface area contributed by atoms with Crippen LogP contribution in [0.5, 0.6) is 5.75 Å². The molecule has 1 aliphatic carbocycles. The fourth-order valence-electron chi connectivity index (χ4n) is 4.13. The molecule has 1 heterocycles. The molecule has 0 radical (unpaired) electrons. The number of hydrogen-bond donors (Lipinski definition) is 1. The Morgan fingerprint density at radius 1 is 1.24 bits per heavy atom. The molecule has 1 N–H and O–H groups in total. The van der Waals surface area contributed by atoms with Gasteiger partial charge < -0.3 is 14.8 Å². The maximum Gasteiger partial charge on any atom is 0.407 e. The topological polar surface area (TPSA) is 64.6 Å². The summed E-state index contributed by atoms with van der Waals surface area (Å²) in [6.07, 6.45) is 4.34. The molecule has 160 valence electrons. The van der Waals surface area contributed by atoms with E-state index in [-0.39, 0.29) is 23.8 Å². The van der Waals surface area contributed by atoms with E-state index in [0.717, 1.165) is 42.1 Å². The summed E-state index contributed by atoms with van der Waals surface area (Å²) in [5.41, 5.74) is 1.26. The number of alkyl carbamates (subject to hydrolysis) is 1. The van der Waals surface area contributed by atoms with Crippen LogP contribution in [0.4, 0.5) is 4.79 Å². The number of hydrogen-bond acceptors (Lipinski definition) is 4. The number of nitrogens with one attached hydrogen (secondary N) is 1. The van der Waals surface area contributed by atoms with Crippen LogP contribution in [0.15, 0.2) is 16.6 Å². The highest BCUT2D eigenvalue weighted by atomic mass is 79.9. The van der Waals surface area contributed by atoms with E-state index in [1.807, 2.05) is 32.9 Å². The second-order valence-corrected chi connectivity index (χ2v) is 10.5. The largest absolute Gasteiger partial charge is 0.491 e. The standard InChI is InChI=1S/C22H29Br2NO4/c1-22(2,3)29-21(27)25-16-6-4-13(5-7-16)8-15-12-28-20-17(19(15)26)9-14(11-23)10-18(20)24/h9-10,13,15-16H,4-8,11-12H2,1-3H3,(H,25,27)/t13?,15-,16?/m1/s1. The molecule has 0 saturated heterocycles. The summed E-state index contributed by atoms with van der Waals surface area (Å²) >= 11 is 6.98. The van der Waals surface area contributed by atoms with Crippen LogP contribution in [0.25, 0.3) is 0 Å². The van der Waals surface area contributed by atoms with Gasteiger partial charge in [0.1, 0.15) is 11.4 Å². The number of amides is 1. The van der Waals surface area contributed by atoms with Crippen molar-refractivity contribution < 1.29 is 19.1 Å². The van der Waals surface area contributed by atoms with Crippen LogP contribution in [0, 0.1) is 11.8 Å². The van der Waals surface area contributed by atoms with Gasteiger partial charge in [-0.15, -0.1) is 0 Å². The first-order valence-corrected chi connectivity index (χ1v) is 12.1. The third-order valence-corrected chi connectivity index (χ3v) is 6.74. The van der Waals surface area contributed by atoms with Crippen molar-refractivity contribution in [3.05, 3.63) is 27.7 Å². The summed E-state index contributed by atoms with van der Waals surface area (Å²) in [4.78, 5) is 25.0. The molecule has 5 nitrogen and oxygen atoms in total. The summed E-state index contributed by atoms with van der Waals surface area (Å²) < 4.78 is 12.1. The average molecular weight is 531 g/mol. The van der Waals surface area contributed by atoms with Gasteiger partial charge in [-0.2, -0.15) is 0 Å². The van der Waals surface area contributed by atoms with Crippen LogP contribution in [-0.2, 0) is 10.1 Å². The van der Waals surface area contributed by atoms with E-state index in [1.165, 1.54) is 0 Å². The van der Waals surface area contributed by atoms with Gasteiger partial charge in [-0.3, -0.25) is 4.79 Å². The van der Waals surface area contributed by atoms with E-state index in [0.29, 0.717) is 29.2 Å². The normalized spacial score (nSPS) is 24.4. The molecule has 0 aromatic heterocycles. The van der Waals surface area contributed by atoms with Crippen molar-refractivity contribution in [1.82, 2.24) is 5.32 Å². The van der Waals surface area contributed by atoms with Gasteiger partial charge in [0, 0.05) is 11.4 Å². The Balaban J connectivity index is 1.53. The maximum absolute atomic E-state index is 13.1. The predicted octanol–water partition coefficient (Wildman–Crippen LogP) is 6.01. The van der Waals surface area contributed by atoms with Crippen molar-refractivity contribution in [2.24, 2.45) is 11.8 Å². The molecular weight excluding hydrogens is 502 g/mol. The van der Waals surface area contributed by atoms with Gasteiger partial charge >= 0.3 is 6.09 Å². The van der Waals surface area contributed by atoms with E-state index in [9.17, 15) is 9.59 Å². The van der Waals surface area contributed by atoms with Crippen LogP contribution < -0.4 is 10.1 Å². The number of rotatable bonds is 4. The first-order chi connectivity index (χ1) is 13.7. The zero-order valence-corrected chi connectivity index (χ0v) is 20.4. The minimum atomic E-state index is -0.484. The first-order valence-electron chi connectivity index (χ1n) is 10.2. The molecule has 7 heteroatoms. The Labute approximate surface area is 189 Å². The maximum atomic E-state index is 13.1. The number of carbonyl (C=O) groups excluding carboxylic acids is 2. The second kappa shape index (κ2) is 9.38. The summed E-state index contributed by atoms with van der Waals surface area (Å²) in [7, 11) is 0. The van der Waals surface area contributed by atoms with E-state index in [4.69, 9.17) is 9.47 Å². The van der Waals surface area contributed by atoms with Crippen molar-refractivity contribution in [3.63, 3.8) is 0 Å². The Morgan fingerprint density at radius 3 is 2.55 bits per heavy atom. The molecule has 1 saturated carbocycles. The van der Waals surface area contributed by atoms with E-state index < -0.39 is 5.60 Å². The lowest BCUT2D eigenvalue weighted by Crippen LogP contribution is -2.41. The van der Waals surface area contributed by atoms with Gasteiger partial charge in [-0.05, 0) is 92.4 Å². The van der Waals surface area contributed by atoms with E-state index >= 15 is 0 Å². The molecule has 1 atom stereocenters. The lowest BCUT2D eigenvalue weighted by Gasteiger charge is -2.33. The van der Waals surface area contributed by atoms with Gasteiger partial charge in [0.25, 0.3) is 0 Å². The Kier molecular flexibility index (Phi) is 7.31. The fraction of sp³-hybridized carbons (Fsp3) is 0.636. The van der Waals surface area contributed by atoms with E-state index in [2.05, 4.69) is 37.2 Å². The second-order valence-electron chi connectivity index (χ2n) is 9.06. The minimum absolute atomic E-state index is 0.0969. The molecule has 1 amide bonds. The molecule has 0 bridgehead atoms. The third kappa shape index (κ3) is 5.97. The summed E-state index contributed by atoms with van der Waals surface area (Å²) in [6.45, 7) is 6.03. The molecule has 0 spiro atoms. The number of alkyl halides is 1. The van der Waals surface area contributed by atoms with Crippen molar-refractivity contribution >= 4 is 43.7 Å². The molecule has 2 aliphatic rings. The summed E-state index contributed by atoms with van der Waals surface area (Å²) in [5.74, 6) is 1.24. The predicted molar refractivity (Wildman–Crippen MR) is 120 cm³/mol. The smallest absolute Gasteiger partial charge is 0.407 e. The fourth-order valence-corrected chi connectivity index (χ4v) is 5.08. The van der Waals surface area contributed by atoms with Gasteiger partial charge in [0.15, 0.2) is 5.78 Å². The number of carbonyl (C=O) groups is 2. The number of halogens is 2. The summed E-state index contributed by atoms with van der Waals surface area (Å²) in [5, 5.41) is 3.68. The molecular formula is C22H29Br2NO4. The van der Waals surface area contributed by atoms with Crippen LogP contribution in [0.3, 0.4) is 0 Å². The van der Waals surface area contributed by atoms with Crippen LogP contribution in [0.2, 0.25) is 0 Å². The molecule has 1 aromatic carbocycles. The van der Waals surface area contributed by atoms with Gasteiger partial charge in [-0.1, -0.05) is 15.9 Å². The molecule has 3 rings (SSSR count). The summed E-state index contributed by atoms with van der Waals surface area (Å²) in [6, 6.07) is 4.07. The number of ether oxygens (including phenoxy) is 2. The first kappa shape index (κ1) is 22.6. The van der Waals surface area contributed by atoms with Crippen molar-refractivity contribution in [3.8, 4) is 5.75 Å². The zero-order valence-electron chi connectivity index (χ0n) is 17.2. The molecule has 0 unspecified atom stereocenters. The highest BCUT2D eigenvalue weighted by molar-refractivity contribution is 9.10. The lowest BCUT2D eigenvalue weighted by atomic mass is 9.78. The Bertz CT molecular complexity index is 767. The molecule has 1 fully saturated rings. The zero-order chi connectivity index (χ0) is 21.2.